The van der Waals surface area contributed by atoms with Crippen LogP contribution in [0.1, 0.15) is 111 Å². The lowest BCUT2D eigenvalue weighted by atomic mass is 9.92. The first-order valence-corrected chi connectivity index (χ1v) is 17.8. The van der Waals surface area contributed by atoms with Gasteiger partial charge in [-0.05, 0) is 65.2 Å². The number of allylic oxidation sites excluding steroid dienone is 7. The molecule has 1 aliphatic heterocycles. The van der Waals surface area contributed by atoms with Crippen molar-refractivity contribution in [3.8, 4) is 5.69 Å². The fourth-order valence-electron chi connectivity index (χ4n) is 4.68. The van der Waals surface area contributed by atoms with Crippen molar-refractivity contribution in [1.82, 2.24) is 14.7 Å². The number of fused-ring (bicyclic) bond motifs is 1. The molecule has 0 fully saturated rings. The lowest BCUT2D eigenvalue weighted by Gasteiger charge is -2.28. The quantitative estimate of drug-likeness (QED) is 0.194. The van der Waals surface area contributed by atoms with Gasteiger partial charge < -0.3 is 10.2 Å². The highest BCUT2D eigenvalue weighted by Gasteiger charge is 2.26. The van der Waals surface area contributed by atoms with Crippen molar-refractivity contribution in [2.45, 2.75) is 107 Å². The summed E-state index contributed by atoms with van der Waals surface area (Å²) in [5, 5.41) is 10.6. The number of hydrogen-bond acceptors (Lipinski definition) is 4. The van der Waals surface area contributed by atoms with Crippen LogP contribution in [0.3, 0.4) is 0 Å². The van der Waals surface area contributed by atoms with Crippen LogP contribution in [0, 0.1) is 0 Å². The van der Waals surface area contributed by atoms with Crippen molar-refractivity contribution in [3.05, 3.63) is 117 Å². The van der Waals surface area contributed by atoms with Gasteiger partial charge in [-0.3, -0.25) is 4.79 Å². The van der Waals surface area contributed by atoms with E-state index in [0.29, 0.717) is 6.54 Å². The number of amides is 1. The first-order chi connectivity index (χ1) is 22.3. The van der Waals surface area contributed by atoms with Gasteiger partial charge in [0.25, 0.3) is 0 Å². The van der Waals surface area contributed by atoms with Gasteiger partial charge in [-0.2, -0.15) is 5.10 Å². The zero-order valence-corrected chi connectivity index (χ0v) is 31.6. The maximum Gasteiger partial charge on any atom is 0.249 e. The van der Waals surface area contributed by atoms with Gasteiger partial charge in [0.2, 0.25) is 5.91 Å². The highest BCUT2D eigenvalue weighted by molar-refractivity contribution is 7.10. The van der Waals surface area contributed by atoms with Crippen LogP contribution in [0.2, 0.25) is 0 Å². The van der Waals surface area contributed by atoms with E-state index in [0.717, 1.165) is 53.4 Å². The zero-order chi connectivity index (χ0) is 35.1. The minimum absolute atomic E-state index is 0.0690. The summed E-state index contributed by atoms with van der Waals surface area (Å²) in [5.74, 6) is 1.02. The number of rotatable bonds is 8. The Hall–Kier alpha value is -3.90. The van der Waals surface area contributed by atoms with Crippen LogP contribution in [0.15, 0.2) is 95.5 Å². The third-order valence-corrected chi connectivity index (χ3v) is 8.95. The summed E-state index contributed by atoms with van der Waals surface area (Å²) in [6, 6.07) is 12.3. The molecule has 0 bridgehead atoms. The fraction of sp³-hybridized carbons (Fsp3) is 0.415. The molecule has 0 aliphatic carbocycles. The first-order valence-electron chi connectivity index (χ1n) is 16.9. The molecule has 4 rings (SSSR count). The lowest BCUT2D eigenvalue weighted by molar-refractivity contribution is -0.127. The van der Waals surface area contributed by atoms with Crippen molar-refractivity contribution in [3.63, 3.8) is 0 Å². The number of nitrogens with one attached hydrogen (secondary N) is 1. The molecule has 5 nitrogen and oxygen atoms in total. The smallest absolute Gasteiger partial charge is 0.249 e. The zero-order valence-electron chi connectivity index (χ0n) is 30.8. The average molecular weight is 655 g/mol. The standard InChI is InChI=1S/C27H32N4OS.C11H18.C3H8/c1-7-18(2)26(32)30-14-13-21-22(17-33-23(21)16-30)19(3)28-25-15-24(27(4,5)6)29-31(25)20-11-9-8-10-12-20;1-5-7-8-9-11(4)10(3)6-2;1-3-2/h7-12,15,17,28H,3,13-14,16H2,1-2,4-6H3;5,7-9H,6H2,1-4H3;3H2,1-2H3/b18-7+;7-5-,9-8-,11-10?;. The van der Waals surface area contributed by atoms with E-state index in [4.69, 9.17) is 5.10 Å². The minimum Gasteiger partial charge on any atom is -0.340 e. The average Bonchev–Trinajstić information content (AvgIpc) is 3.69. The molecule has 0 unspecified atom stereocenters. The van der Waals surface area contributed by atoms with E-state index in [1.165, 1.54) is 28.0 Å². The summed E-state index contributed by atoms with van der Waals surface area (Å²) in [6.45, 7) is 28.8. The Balaban J connectivity index is 0.000000463. The maximum absolute atomic E-state index is 12.6. The van der Waals surface area contributed by atoms with Gasteiger partial charge in [0.1, 0.15) is 5.82 Å². The van der Waals surface area contributed by atoms with E-state index < -0.39 is 0 Å². The fourth-order valence-corrected chi connectivity index (χ4v) is 5.81. The number of aromatic nitrogens is 2. The van der Waals surface area contributed by atoms with E-state index >= 15 is 0 Å². The van der Waals surface area contributed by atoms with Crippen LogP contribution in [0.4, 0.5) is 5.82 Å². The summed E-state index contributed by atoms with van der Waals surface area (Å²) in [4.78, 5) is 15.8. The number of para-hydroxylation sites is 1. The second kappa shape index (κ2) is 19.0. The summed E-state index contributed by atoms with van der Waals surface area (Å²) >= 11 is 1.70. The molecular weight excluding hydrogens is 597 g/mol. The second-order valence-electron chi connectivity index (χ2n) is 12.9. The molecule has 47 heavy (non-hydrogen) atoms. The molecule has 0 radical (unpaired) electrons. The predicted octanol–water partition coefficient (Wildman–Crippen LogP) is 11.4. The Morgan fingerprint density at radius 2 is 1.72 bits per heavy atom. The molecule has 254 valence electrons. The predicted molar refractivity (Wildman–Crippen MR) is 206 cm³/mol. The Morgan fingerprint density at radius 1 is 1.06 bits per heavy atom. The summed E-state index contributed by atoms with van der Waals surface area (Å²) < 4.78 is 1.95. The van der Waals surface area contributed by atoms with Gasteiger partial charge >= 0.3 is 0 Å². The van der Waals surface area contributed by atoms with Gasteiger partial charge in [0.15, 0.2) is 0 Å². The molecule has 1 N–H and O–H groups in total. The number of thiophene rings is 1. The second-order valence-corrected chi connectivity index (χ2v) is 13.9. The normalized spacial score (nSPS) is 13.8. The van der Waals surface area contributed by atoms with Crippen LogP contribution in [-0.2, 0) is 23.2 Å². The molecule has 1 amide bonds. The van der Waals surface area contributed by atoms with Crippen LogP contribution in [0.25, 0.3) is 11.4 Å². The molecule has 1 aliphatic rings. The Bertz CT molecular complexity index is 1570. The van der Waals surface area contributed by atoms with E-state index in [2.05, 4.69) is 103 Å². The van der Waals surface area contributed by atoms with Crippen molar-refractivity contribution < 1.29 is 4.79 Å². The minimum atomic E-state index is -0.0690. The monoisotopic (exact) mass is 654 g/mol. The molecule has 0 saturated carbocycles. The maximum atomic E-state index is 12.6. The molecule has 2 aromatic heterocycles. The van der Waals surface area contributed by atoms with Crippen molar-refractivity contribution in [2.24, 2.45) is 0 Å². The molecule has 3 aromatic rings. The van der Waals surface area contributed by atoms with Gasteiger partial charge in [-0.25, -0.2) is 4.68 Å². The Labute approximate surface area is 289 Å². The molecule has 0 atom stereocenters. The number of benzene rings is 1. The lowest BCUT2D eigenvalue weighted by Crippen LogP contribution is -2.36. The van der Waals surface area contributed by atoms with Crippen molar-refractivity contribution >= 4 is 28.8 Å². The van der Waals surface area contributed by atoms with Crippen LogP contribution in [0.5, 0.6) is 0 Å². The van der Waals surface area contributed by atoms with Crippen LogP contribution < -0.4 is 5.32 Å². The van der Waals surface area contributed by atoms with E-state index in [1.54, 1.807) is 11.3 Å². The number of anilines is 1. The van der Waals surface area contributed by atoms with Crippen molar-refractivity contribution in [1.29, 1.82) is 0 Å². The molecule has 0 saturated heterocycles. The summed E-state index contributed by atoms with van der Waals surface area (Å²) in [6.07, 6.45) is 13.4. The van der Waals surface area contributed by atoms with Gasteiger partial charge in [0.05, 0.1) is 17.9 Å². The van der Waals surface area contributed by atoms with Crippen LogP contribution >= 0.6 is 11.3 Å². The van der Waals surface area contributed by atoms with Crippen molar-refractivity contribution in [2.75, 3.05) is 11.9 Å². The molecular formula is C41H58N4OS. The topological polar surface area (TPSA) is 50.2 Å². The Morgan fingerprint density at radius 3 is 2.30 bits per heavy atom. The van der Waals surface area contributed by atoms with Crippen LogP contribution in [-0.4, -0.2) is 27.1 Å². The Kier molecular flexibility index (Phi) is 15.9. The van der Waals surface area contributed by atoms with Gasteiger partial charge in [-0.15, -0.1) is 11.3 Å². The highest BCUT2D eigenvalue weighted by Crippen LogP contribution is 2.34. The molecule has 6 heteroatoms. The number of carbonyl (C=O) groups is 1. The number of hydrogen-bond donors (Lipinski definition) is 1. The van der Waals surface area contributed by atoms with Gasteiger partial charge in [-0.1, -0.05) is 114 Å². The molecule has 3 heterocycles. The summed E-state index contributed by atoms with van der Waals surface area (Å²) in [5.41, 5.74) is 8.87. The molecule has 1 aromatic carbocycles. The van der Waals surface area contributed by atoms with E-state index in [9.17, 15) is 4.79 Å². The molecule has 0 spiro atoms. The largest absolute Gasteiger partial charge is 0.340 e. The number of nitrogens with zero attached hydrogens (tertiary/aromatic N) is 3. The third kappa shape index (κ3) is 11.4. The first kappa shape index (κ1) is 39.3. The highest BCUT2D eigenvalue weighted by atomic mass is 32.1. The number of carbonyl (C=O) groups excluding carboxylic acids is 1. The third-order valence-electron chi connectivity index (χ3n) is 7.94. The SMILES string of the molecule is C/C=C\C=C/C(C)=C(C)CC.C=C(Nc1cc(C(C)(C)C)nn1-c1ccccc1)c1csc2c1CCN(C(=O)/C(C)=C/C)C2.CCC. The van der Waals surface area contributed by atoms with E-state index in [1.807, 2.05) is 66.8 Å². The van der Waals surface area contributed by atoms with Gasteiger partial charge in [0, 0.05) is 45.1 Å². The summed E-state index contributed by atoms with van der Waals surface area (Å²) in [7, 11) is 0. The van der Waals surface area contributed by atoms with E-state index in [-0.39, 0.29) is 11.3 Å².